The molecule has 0 saturated heterocycles. The molecule has 0 unspecified atom stereocenters. The second-order valence-electron chi connectivity index (χ2n) is 5.19. The third kappa shape index (κ3) is 3.47. The van der Waals surface area contributed by atoms with Crippen molar-refractivity contribution in [2.75, 3.05) is 37.9 Å². The Morgan fingerprint density at radius 1 is 1.00 bits per heavy atom. The lowest BCUT2D eigenvalue weighted by atomic mass is 10.1. The summed E-state index contributed by atoms with van der Waals surface area (Å²) in [5, 5.41) is 0. The van der Waals surface area contributed by atoms with E-state index in [1.165, 1.54) is 0 Å². The monoisotopic (exact) mass is 316 g/mol. The molecule has 1 aromatic carbocycles. The van der Waals surface area contributed by atoms with E-state index >= 15 is 0 Å². The van der Waals surface area contributed by atoms with Crippen LogP contribution in [0.25, 0.3) is 11.3 Å². The highest BCUT2D eigenvalue weighted by Crippen LogP contribution is 2.39. The number of nitrogen functional groups attached to an aromatic ring is 1. The zero-order valence-electron chi connectivity index (χ0n) is 14.4. The fourth-order valence-corrected chi connectivity index (χ4v) is 2.59. The first-order chi connectivity index (χ1) is 11.0. The van der Waals surface area contributed by atoms with Crippen LogP contribution in [0.1, 0.15) is 19.4 Å². The summed E-state index contributed by atoms with van der Waals surface area (Å²) >= 11 is 0. The van der Waals surface area contributed by atoms with Gasteiger partial charge >= 0.3 is 0 Å². The van der Waals surface area contributed by atoms with E-state index in [0.29, 0.717) is 17.2 Å². The van der Waals surface area contributed by atoms with Gasteiger partial charge in [-0.3, -0.25) is 0 Å². The van der Waals surface area contributed by atoms with E-state index in [1.54, 1.807) is 14.2 Å². The summed E-state index contributed by atoms with van der Waals surface area (Å²) in [5.41, 5.74) is 8.44. The number of rotatable bonds is 6. The van der Waals surface area contributed by atoms with Crippen molar-refractivity contribution < 1.29 is 9.47 Å². The average molecular weight is 316 g/mol. The van der Waals surface area contributed by atoms with Gasteiger partial charge in [-0.2, -0.15) is 4.98 Å². The molecule has 0 aliphatic rings. The second-order valence-corrected chi connectivity index (χ2v) is 5.19. The van der Waals surface area contributed by atoms with Gasteiger partial charge in [-0.15, -0.1) is 0 Å². The molecule has 0 amide bonds. The second kappa shape index (κ2) is 7.17. The van der Waals surface area contributed by atoms with E-state index in [1.807, 2.05) is 25.1 Å². The lowest BCUT2D eigenvalue weighted by molar-refractivity contribution is 0.396. The van der Waals surface area contributed by atoms with E-state index in [4.69, 9.17) is 15.2 Å². The number of anilines is 2. The minimum atomic E-state index is 0.231. The predicted molar refractivity (Wildman–Crippen MR) is 93.3 cm³/mol. The lowest BCUT2D eigenvalue weighted by Crippen LogP contribution is -2.23. The molecule has 2 rings (SSSR count). The molecule has 0 aliphatic heterocycles. The van der Waals surface area contributed by atoms with Gasteiger partial charge < -0.3 is 20.1 Å². The van der Waals surface area contributed by atoms with Gasteiger partial charge in [0.05, 0.1) is 25.5 Å². The van der Waals surface area contributed by atoms with E-state index in [9.17, 15) is 0 Å². The summed E-state index contributed by atoms with van der Waals surface area (Å²) in [6.45, 7) is 7.83. The SMILES string of the molecule is CCN(CC)c1cc(-c2c(OC)cc(C)cc2OC)nc(N)n1. The van der Waals surface area contributed by atoms with Crippen molar-refractivity contribution in [2.45, 2.75) is 20.8 Å². The number of ether oxygens (including phenoxy) is 2. The van der Waals surface area contributed by atoms with Crippen molar-refractivity contribution in [1.82, 2.24) is 9.97 Å². The predicted octanol–water partition coefficient (Wildman–Crippen LogP) is 2.90. The maximum atomic E-state index is 5.93. The van der Waals surface area contributed by atoms with Gasteiger partial charge in [-0.1, -0.05) is 0 Å². The molecular formula is C17H24N4O2. The largest absolute Gasteiger partial charge is 0.496 e. The minimum Gasteiger partial charge on any atom is -0.496 e. The summed E-state index contributed by atoms with van der Waals surface area (Å²) < 4.78 is 11.0. The minimum absolute atomic E-state index is 0.231. The Labute approximate surface area is 137 Å². The first-order valence-corrected chi connectivity index (χ1v) is 7.66. The third-order valence-corrected chi connectivity index (χ3v) is 3.72. The number of nitrogens with two attached hydrogens (primary N) is 1. The summed E-state index contributed by atoms with van der Waals surface area (Å²) in [7, 11) is 3.27. The van der Waals surface area contributed by atoms with Gasteiger partial charge in [0.25, 0.3) is 0 Å². The van der Waals surface area contributed by atoms with Gasteiger partial charge in [0.2, 0.25) is 5.95 Å². The molecule has 6 nitrogen and oxygen atoms in total. The van der Waals surface area contributed by atoms with Crippen LogP contribution < -0.4 is 20.1 Å². The summed E-state index contributed by atoms with van der Waals surface area (Å²) in [6.07, 6.45) is 0. The molecule has 2 N–H and O–H groups in total. The number of nitrogens with zero attached hydrogens (tertiary/aromatic N) is 3. The quantitative estimate of drug-likeness (QED) is 0.883. The molecule has 0 spiro atoms. The highest BCUT2D eigenvalue weighted by Gasteiger charge is 2.18. The first-order valence-electron chi connectivity index (χ1n) is 7.66. The zero-order valence-corrected chi connectivity index (χ0v) is 14.4. The molecule has 0 aliphatic carbocycles. The van der Waals surface area contributed by atoms with Crippen molar-refractivity contribution in [1.29, 1.82) is 0 Å². The molecule has 2 aromatic rings. The first kappa shape index (κ1) is 16.9. The van der Waals surface area contributed by atoms with Crippen molar-refractivity contribution >= 4 is 11.8 Å². The van der Waals surface area contributed by atoms with Crippen LogP contribution in [0.5, 0.6) is 11.5 Å². The molecule has 0 atom stereocenters. The summed E-state index contributed by atoms with van der Waals surface area (Å²) in [5.74, 6) is 2.42. The number of aromatic nitrogens is 2. The number of aryl methyl sites for hydroxylation is 1. The van der Waals surface area contributed by atoms with Gasteiger partial charge in [-0.25, -0.2) is 4.98 Å². The van der Waals surface area contributed by atoms with E-state index in [2.05, 4.69) is 28.7 Å². The van der Waals surface area contributed by atoms with Crippen LogP contribution >= 0.6 is 0 Å². The van der Waals surface area contributed by atoms with Gasteiger partial charge in [0, 0.05) is 19.2 Å². The highest BCUT2D eigenvalue weighted by molar-refractivity contribution is 5.77. The van der Waals surface area contributed by atoms with Crippen molar-refractivity contribution in [3.05, 3.63) is 23.8 Å². The van der Waals surface area contributed by atoms with E-state index in [0.717, 1.165) is 30.0 Å². The maximum Gasteiger partial charge on any atom is 0.222 e. The van der Waals surface area contributed by atoms with Gasteiger partial charge in [-0.05, 0) is 38.5 Å². The summed E-state index contributed by atoms with van der Waals surface area (Å²) in [6, 6.07) is 5.82. The zero-order chi connectivity index (χ0) is 17.0. The van der Waals surface area contributed by atoms with Crippen molar-refractivity contribution in [3.8, 4) is 22.8 Å². The number of hydrogen-bond donors (Lipinski definition) is 1. The maximum absolute atomic E-state index is 5.93. The van der Waals surface area contributed by atoms with Crippen molar-refractivity contribution in [2.24, 2.45) is 0 Å². The number of methoxy groups -OCH3 is 2. The molecule has 6 heteroatoms. The molecule has 1 aromatic heterocycles. The Balaban J connectivity index is 2.67. The van der Waals surface area contributed by atoms with Crippen LogP contribution in [0.2, 0.25) is 0 Å². The number of hydrogen-bond acceptors (Lipinski definition) is 6. The van der Waals surface area contributed by atoms with Gasteiger partial charge in [0.1, 0.15) is 17.3 Å². The Bertz CT molecular complexity index is 659. The fraction of sp³-hybridized carbons (Fsp3) is 0.412. The van der Waals surface area contributed by atoms with Crippen LogP contribution in [-0.2, 0) is 0 Å². The molecule has 0 bridgehead atoms. The Hall–Kier alpha value is -2.50. The van der Waals surface area contributed by atoms with Crippen LogP contribution in [-0.4, -0.2) is 37.3 Å². The molecular weight excluding hydrogens is 292 g/mol. The Morgan fingerprint density at radius 2 is 1.57 bits per heavy atom. The van der Waals surface area contributed by atoms with Gasteiger partial charge in [0.15, 0.2) is 0 Å². The normalized spacial score (nSPS) is 10.5. The molecule has 0 radical (unpaired) electrons. The Kier molecular flexibility index (Phi) is 5.26. The summed E-state index contributed by atoms with van der Waals surface area (Å²) in [4.78, 5) is 10.8. The molecule has 1 heterocycles. The smallest absolute Gasteiger partial charge is 0.222 e. The van der Waals surface area contributed by atoms with E-state index in [-0.39, 0.29) is 5.95 Å². The average Bonchev–Trinajstić information content (AvgIpc) is 2.54. The van der Waals surface area contributed by atoms with Crippen molar-refractivity contribution in [3.63, 3.8) is 0 Å². The Morgan fingerprint density at radius 3 is 2.04 bits per heavy atom. The van der Waals surface area contributed by atoms with Crippen LogP contribution in [0.15, 0.2) is 18.2 Å². The molecule has 23 heavy (non-hydrogen) atoms. The van der Waals surface area contributed by atoms with Crippen LogP contribution in [0.3, 0.4) is 0 Å². The number of benzene rings is 1. The lowest BCUT2D eigenvalue weighted by Gasteiger charge is -2.21. The van der Waals surface area contributed by atoms with E-state index < -0.39 is 0 Å². The molecule has 0 saturated carbocycles. The topological polar surface area (TPSA) is 73.5 Å². The highest BCUT2D eigenvalue weighted by atomic mass is 16.5. The third-order valence-electron chi connectivity index (χ3n) is 3.72. The molecule has 124 valence electrons. The standard InChI is InChI=1S/C17H24N4O2/c1-6-21(7-2)15-10-12(19-17(18)20-15)16-13(22-4)8-11(3)9-14(16)23-5/h8-10H,6-7H2,1-5H3,(H2,18,19,20). The molecule has 0 fully saturated rings. The van der Waals surface area contributed by atoms with Crippen LogP contribution in [0.4, 0.5) is 11.8 Å². The fourth-order valence-electron chi connectivity index (χ4n) is 2.59. The van der Waals surface area contributed by atoms with Crippen LogP contribution in [0, 0.1) is 6.92 Å².